The third kappa shape index (κ3) is 3.90. The fourth-order valence-corrected chi connectivity index (χ4v) is 1.30. The molecular formula is C11H18N4O2. The van der Waals surface area contributed by atoms with Gasteiger partial charge in [-0.1, -0.05) is 0 Å². The summed E-state index contributed by atoms with van der Waals surface area (Å²) < 4.78 is 1.61. The van der Waals surface area contributed by atoms with Crippen molar-refractivity contribution in [3.05, 3.63) is 17.5 Å². The fourth-order valence-electron chi connectivity index (χ4n) is 1.30. The Hall–Kier alpha value is -1.85. The molecule has 2 N–H and O–H groups in total. The molecule has 1 rings (SSSR count). The zero-order valence-corrected chi connectivity index (χ0v) is 10.6. The van der Waals surface area contributed by atoms with Crippen LogP contribution in [0.15, 0.2) is 6.07 Å². The first kappa shape index (κ1) is 13.2. The molecule has 1 aromatic heterocycles. The Bertz CT molecular complexity index is 404. The largest absolute Gasteiger partial charge is 0.352 e. The summed E-state index contributed by atoms with van der Waals surface area (Å²) in [5.74, 6) is -0.548. The van der Waals surface area contributed by atoms with Gasteiger partial charge in [0.15, 0.2) is 0 Å². The predicted octanol–water partition coefficient (Wildman–Crippen LogP) is -0.0171. The average molecular weight is 238 g/mol. The van der Waals surface area contributed by atoms with Gasteiger partial charge in [-0.05, 0) is 26.8 Å². The van der Waals surface area contributed by atoms with E-state index in [2.05, 4.69) is 15.7 Å². The topological polar surface area (TPSA) is 76.0 Å². The summed E-state index contributed by atoms with van der Waals surface area (Å²) in [6.07, 6.45) is 0. The molecule has 0 atom stereocenters. The Morgan fingerprint density at radius 3 is 2.59 bits per heavy atom. The van der Waals surface area contributed by atoms with Gasteiger partial charge in [0, 0.05) is 18.8 Å². The lowest BCUT2D eigenvalue weighted by Gasteiger charge is -2.08. The van der Waals surface area contributed by atoms with E-state index >= 15 is 0 Å². The normalized spacial score (nSPS) is 10.4. The molecule has 1 heterocycles. The lowest BCUT2D eigenvalue weighted by Crippen LogP contribution is -2.39. The zero-order valence-electron chi connectivity index (χ0n) is 10.6. The highest BCUT2D eigenvalue weighted by atomic mass is 16.2. The standard InChI is InChI=1S/C11H18N4O2/c1-7(2)13-10(16)6-12-11(17)9-5-8(3)15(4)14-9/h5,7H,6H2,1-4H3,(H,12,17)(H,13,16). The van der Waals surface area contributed by atoms with Crippen molar-refractivity contribution in [2.75, 3.05) is 6.54 Å². The van der Waals surface area contributed by atoms with Crippen LogP contribution in [-0.2, 0) is 11.8 Å². The minimum Gasteiger partial charge on any atom is -0.352 e. The van der Waals surface area contributed by atoms with E-state index in [0.717, 1.165) is 5.69 Å². The van der Waals surface area contributed by atoms with Crippen molar-refractivity contribution in [3.63, 3.8) is 0 Å². The van der Waals surface area contributed by atoms with Crippen LogP contribution in [0.1, 0.15) is 30.0 Å². The number of carbonyl (C=O) groups is 2. The monoisotopic (exact) mass is 238 g/mol. The molecule has 0 aliphatic carbocycles. The first-order chi connectivity index (χ1) is 7.90. The van der Waals surface area contributed by atoms with Crippen molar-refractivity contribution < 1.29 is 9.59 Å². The Morgan fingerprint density at radius 2 is 2.12 bits per heavy atom. The molecule has 0 aliphatic rings. The van der Waals surface area contributed by atoms with Crippen molar-refractivity contribution >= 4 is 11.8 Å². The number of rotatable bonds is 4. The fraction of sp³-hybridized carbons (Fsp3) is 0.545. The third-order valence-corrected chi connectivity index (χ3v) is 2.21. The second-order valence-corrected chi connectivity index (χ2v) is 4.20. The number of hydrogen-bond acceptors (Lipinski definition) is 3. The van der Waals surface area contributed by atoms with E-state index in [-0.39, 0.29) is 24.4 Å². The second kappa shape index (κ2) is 5.47. The Labute approximate surface area is 100 Å². The lowest BCUT2D eigenvalue weighted by molar-refractivity contribution is -0.120. The highest BCUT2D eigenvalue weighted by molar-refractivity contribution is 5.94. The molecular weight excluding hydrogens is 220 g/mol. The van der Waals surface area contributed by atoms with Crippen LogP contribution in [-0.4, -0.2) is 34.2 Å². The summed E-state index contributed by atoms with van der Waals surface area (Å²) in [5, 5.41) is 9.23. The van der Waals surface area contributed by atoms with Crippen molar-refractivity contribution in [2.24, 2.45) is 7.05 Å². The third-order valence-electron chi connectivity index (χ3n) is 2.21. The van der Waals surface area contributed by atoms with Gasteiger partial charge in [-0.3, -0.25) is 14.3 Å². The van der Waals surface area contributed by atoms with Crippen LogP contribution >= 0.6 is 0 Å². The maximum absolute atomic E-state index is 11.6. The van der Waals surface area contributed by atoms with Gasteiger partial charge >= 0.3 is 0 Å². The molecule has 6 heteroatoms. The summed E-state index contributed by atoms with van der Waals surface area (Å²) >= 11 is 0. The molecule has 0 aromatic carbocycles. The summed E-state index contributed by atoms with van der Waals surface area (Å²) in [5.41, 5.74) is 1.21. The molecule has 1 aromatic rings. The number of amides is 2. The molecule has 2 amide bonds. The molecule has 0 aliphatic heterocycles. The Kier molecular flexibility index (Phi) is 4.25. The van der Waals surface area contributed by atoms with Crippen LogP contribution in [0.3, 0.4) is 0 Å². The van der Waals surface area contributed by atoms with Gasteiger partial charge in [-0.25, -0.2) is 0 Å². The number of carbonyl (C=O) groups excluding carboxylic acids is 2. The number of aromatic nitrogens is 2. The summed E-state index contributed by atoms with van der Waals surface area (Å²) in [4.78, 5) is 22.9. The number of aryl methyl sites for hydroxylation is 2. The van der Waals surface area contributed by atoms with Gasteiger partial charge in [-0.2, -0.15) is 5.10 Å². The Morgan fingerprint density at radius 1 is 1.47 bits per heavy atom. The van der Waals surface area contributed by atoms with Gasteiger partial charge in [0.25, 0.3) is 5.91 Å². The van der Waals surface area contributed by atoms with Crippen molar-refractivity contribution in [2.45, 2.75) is 26.8 Å². The van der Waals surface area contributed by atoms with E-state index < -0.39 is 0 Å². The molecule has 0 saturated heterocycles. The summed E-state index contributed by atoms with van der Waals surface area (Å²) in [6.45, 7) is 5.55. The van der Waals surface area contributed by atoms with Crippen LogP contribution in [0.2, 0.25) is 0 Å². The van der Waals surface area contributed by atoms with Crippen LogP contribution in [0.4, 0.5) is 0 Å². The van der Waals surface area contributed by atoms with Gasteiger partial charge in [0.2, 0.25) is 5.91 Å². The molecule has 94 valence electrons. The molecule has 0 fully saturated rings. The van der Waals surface area contributed by atoms with Crippen molar-refractivity contribution in [1.29, 1.82) is 0 Å². The minimum atomic E-state index is -0.340. The molecule has 6 nitrogen and oxygen atoms in total. The minimum absolute atomic E-state index is 0.0351. The molecule has 17 heavy (non-hydrogen) atoms. The van der Waals surface area contributed by atoms with Gasteiger partial charge in [0.1, 0.15) is 5.69 Å². The first-order valence-electron chi connectivity index (χ1n) is 5.48. The average Bonchev–Trinajstić information content (AvgIpc) is 2.55. The first-order valence-corrected chi connectivity index (χ1v) is 5.48. The Balaban J connectivity index is 2.47. The van der Waals surface area contributed by atoms with Gasteiger partial charge in [-0.15, -0.1) is 0 Å². The zero-order chi connectivity index (χ0) is 13.0. The van der Waals surface area contributed by atoms with E-state index in [9.17, 15) is 9.59 Å². The summed E-state index contributed by atoms with van der Waals surface area (Å²) in [7, 11) is 1.76. The number of nitrogens with zero attached hydrogens (tertiary/aromatic N) is 2. The van der Waals surface area contributed by atoms with E-state index in [1.165, 1.54) is 0 Å². The van der Waals surface area contributed by atoms with Crippen molar-refractivity contribution in [3.8, 4) is 0 Å². The second-order valence-electron chi connectivity index (χ2n) is 4.20. The lowest BCUT2D eigenvalue weighted by atomic mass is 10.3. The maximum Gasteiger partial charge on any atom is 0.272 e. The van der Waals surface area contributed by atoms with E-state index in [4.69, 9.17) is 0 Å². The molecule has 0 unspecified atom stereocenters. The van der Waals surface area contributed by atoms with E-state index in [1.54, 1.807) is 17.8 Å². The van der Waals surface area contributed by atoms with Crippen LogP contribution in [0, 0.1) is 6.92 Å². The van der Waals surface area contributed by atoms with Crippen LogP contribution in [0.5, 0.6) is 0 Å². The molecule has 0 spiro atoms. The molecule has 0 saturated carbocycles. The number of hydrogen-bond donors (Lipinski definition) is 2. The molecule has 0 bridgehead atoms. The number of nitrogens with one attached hydrogen (secondary N) is 2. The van der Waals surface area contributed by atoms with Gasteiger partial charge in [0.05, 0.1) is 6.54 Å². The summed E-state index contributed by atoms with van der Waals surface area (Å²) in [6, 6.07) is 1.74. The predicted molar refractivity (Wildman–Crippen MR) is 63.6 cm³/mol. The van der Waals surface area contributed by atoms with E-state index in [0.29, 0.717) is 5.69 Å². The van der Waals surface area contributed by atoms with E-state index in [1.807, 2.05) is 20.8 Å². The molecule has 0 radical (unpaired) electrons. The quantitative estimate of drug-likeness (QED) is 0.774. The smallest absolute Gasteiger partial charge is 0.272 e. The SMILES string of the molecule is Cc1cc(C(=O)NCC(=O)NC(C)C)nn1C. The van der Waals surface area contributed by atoms with Crippen molar-refractivity contribution in [1.82, 2.24) is 20.4 Å². The van der Waals surface area contributed by atoms with Crippen LogP contribution in [0.25, 0.3) is 0 Å². The van der Waals surface area contributed by atoms with Crippen LogP contribution < -0.4 is 10.6 Å². The highest BCUT2D eigenvalue weighted by Gasteiger charge is 2.12. The maximum atomic E-state index is 11.6. The highest BCUT2D eigenvalue weighted by Crippen LogP contribution is 2.00. The van der Waals surface area contributed by atoms with Gasteiger partial charge < -0.3 is 10.6 Å².